The molecule has 5 rings (SSSR count). The van der Waals surface area contributed by atoms with Crippen LogP contribution in [0.2, 0.25) is 0 Å². The Kier molecular flexibility index (Phi) is 6.26. The van der Waals surface area contributed by atoms with E-state index in [2.05, 4.69) is 29.6 Å². The highest BCUT2D eigenvalue weighted by Crippen LogP contribution is 2.44. The lowest BCUT2D eigenvalue weighted by Gasteiger charge is -2.36. The second-order valence-electron chi connectivity index (χ2n) is 10.2. The number of carboxylic acid groups (broad SMARTS) is 1. The maximum absolute atomic E-state index is 13.1. The van der Waals surface area contributed by atoms with Gasteiger partial charge in [-0.15, -0.1) is 0 Å². The zero-order valence-corrected chi connectivity index (χ0v) is 20.0. The molecule has 184 valence electrons. The highest BCUT2D eigenvalue weighted by molar-refractivity contribution is 5.88. The molecule has 35 heavy (non-hydrogen) atoms. The van der Waals surface area contributed by atoms with Crippen LogP contribution in [0.15, 0.2) is 48.5 Å². The molecule has 7 heteroatoms. The maximum Gasteiger partial charge on any atom is 0.407 e. The summed E-state index contributed by atoms with van der Waals surface area (Å²) in [5.41, 5.74) is 3.63. The van der Waals surface area contributed by atoms with Gasteiger partial charge in [0.1, 0.15) is 12.1 Å². The van der Waals surface area contributed by atoms with Crippen molar-refractivity contribution in [3.8, 4) is 11.1 Å². The van der Waals surface area contributed by atoms with Crippen molar-refractivity contribution in [2.45, 2.75) is 62.9 Å². The van der Waals surface area contributed by atoms with Crippen LogP contribution in [0, 0.1) is 5.92 Å². The minimum atomic E-state index is -1.10. The Morgan fingerprint density at radius 1 is 1.00 bits per heavy atom. The molecule has 0 bridgehead atoms. The number of likely N-dealkylation sites (tertiary alicyclic amines) is 1. The van der Waals surface area contributed by atoms with Crippen LogP contribution in [-0.4, -0.2) is 52.7 Å². The topological polar surface area (TPSA) is 95.9 Å². The predicted octanol–water partition coefficient (Wildman–Crippen LogP) is 4.55. The number of ether oxygens (including phenoxy) is 1. The summed E-state index contributed by atoms with van der Waals surface area (Å²) in [4.78, 5) is 38.9. The van der Waals surface area contributed by atoms with Crippen LogP contribution in [0.4, 0.5) is 4.79 Å². The van der Waals surface area contributed by atoms with E-state index in [-0.39, 0.29) is 30.4 Å². The third kappa shape index (κ3) is 4.28. The molecule has 2 aliphatic carbocycles. The Balaban J connectivity index is 1.13. The monoisotopic (exact) mass is 476 g/mol. The molecular formula is C28H32N2O5. The Hall–Kier alpha value is -3.35. The van der Waals surface area contributed by atoms with Crippen molar-refractivity contribution in [1.29, 1.82) is 0 Å². The van der Waals surface area contributed by atoms with E-state index in [4.69, 9.17) is 4.74 Å². The SMILES string of the molecule is C[C@@]1(C(=O)O)CCCN1C(=O)C1CCC(NC(=O)OCC2c3ccccc3-c3ccccc32)CC1. The number of hydrogen-bond acceptors (Lipinski definition) is 4. The van der Waals surface area contributed by atoms with Crippen molar-refractivity contribution in [3.63, 3.8) is 0 Å². The molecule has 2 amide bonds. The fraction of sp³-hybridized carbons (Fsp3) is 0.464. The molecule has 1 atom stereocenters. The largest absolute Gasteiger partial charge is 0.480 e. The predicted molar refractivity (Wildman–Crippen MR) is 131 cm³/mol. The van der Waals surface area contributed by atoms with Crippen molar-refractivity contribution in [2.24, 2.45) is 5.92 Å². The number of fused-ring (bicyclic) bond motifs is 3. The van der Waals surface area contributed by atoms with Gasteiger partial charge in [-0.25, -0.2) is 9.59 Å². The summed E-state index contributed by atoms with van der Waals surface area (Å²) in [5.74, 6) is -1.17. The van der Waals surface area contributed by atoms with E-state index in [1.54, 1.807) is 11.8 Å². The molecule has 2 aromatic carbocycles. The molecule has 2 fully saturated rings. The fourth-order valence-electron chi connectivity index (χ4n) is 6.05. The van der Waals surface area contributed by atoms with E-state index in [1.165, 1.54) is 22.3 Å². The third-order valence-corrected chi connectivity index (χ3v) is 8.11. The van der Waals surface area contributed by atoms with Crippen LogP contribution in [-0.2, 0) is 14.3 Å². The summed E-state index contributed by atoms with van der Waals surface area (Å²) in [6, 6.07) is 16.4. The van der Waals surface area contributed by atoms with Gasteiger partial charge in [-0.3, -0.25) is 4.79 Å². The maximum atomic E-state index is 13.1. The van der Waals surface area contributed by atoms with Crippen LogP contribution in [0.25, 0.3) is 11.1 Å². The van der Waals surface area contributed by atoms with Gasteiger partial charge in [-0.1, -0.05) is 48.5 Å². The first-order chi connectivity index (χ1) is 16.9. The highest BCUT2D eigenvalue weighted by atomic mass is 16.5. The van der Waals surface area contributed by atoms with Gasteiger partial charge < -0.3 is 20.1 Å². The number of alkyl carbamates (subject to hydrolysis) is 1. The Labute approximate surface area is 205 Å². The van der Waals surface area contributed by atoms with Gasteiger partial charge in [-0.2, -0.15) is 0 Å². The van der Waals surface area contributed by atoms with Gasteiger partial charge in [0, 0.05) is 24.4 Å². The molecule has 2 aromatic rings. The highest BCUT2D eigenvalue weighted by Gasteiger charge is 2.47. The van der Waals surface area contributed by atoms with Crippen LogP contribution < -0.4 is 5.32 Å². The van der Waals surface area contributed by atoms with E-state index in [1.807, 2.05) is 24.3 Å². The summed E-state index contributed by atoms with van der Waals surface area (Å²) in [7, 11) is 0. The Bertz CT molecular complexity index is 1090. The quantitative estimate of drug-likeness (QED) is 0.660. The van der Waals surface area contributed by atoms with E-state index in [0.717, 1.165) is 0 Å². The van der Waals surface area contributed by atoms with Gasteiger partial charge in [-0.05, 0) is 67.7 Å². The number of amides is 2. The molecule has 1 saturated carbocycles. The number of nitrogens with zero attached hydrogens (tertiary/aromatic N) is 1. The van der Waals surface area contributed by atoms with E-state index in [9.17, 15) is 19.5 Å². The van der Waals surface area contributed by atoms with Gasteiger partial charge in [0.15, 0.2) is 0 Å². The molecular weight excluding hydrogens is 444 g/mol. The number of hydrogen-bond donors (Lipinski definition) is 2. The second-order valence-corrected chi connectivity index (χ2v) is 10.2. The standard InChI is InChI=1S/C28H32N2O5/c1-28(26(32)33)15-6-16-30(28)25(31)18-11-13-19(14-12-18)29-27(34)35-17-24-22-9-4-2-7-20(22)21-8-3-5-10-23(21)24/h2-5,7-10,18-19,24H,6,11-17H2,1H3,(H,29,34)(H,32,33)/t18?,19?,28-/m0/s1. The summed E-state index contributed by atoms with van der Waals surface area (Å²) in [6.45, 7) is 2.42. The molecule has 0 radical (unpaired) electrons. The Morgan fingerprint density at radius 3 is 2.20 bits per heavy atom. The van der Waals surface area contributed by atoms with Crippen molar-refractivity contribution in [1.82, 2.24) is 10.2 Å². The fourth-order valence-corrected chi connectivity index (χ4v) is 6.05. The lowest BCUT2D eigenvalue weighted by molar-refractivity contribution is -0.157. The second kappa shape index (κ2) is 9.36. The van der Waals surface area contributed by atoms with Crippen molar-refractivity contribution in [2.75, 3.05) is 13.2 Å². The zero-order valence-electron chi connectivity index (χ0n) is 20.0. The van der Waals surface area contributed by atoms with Crippen LogP contribution in [0.1, 0.15) is 62.5 Å². The average Bonchev–Trinajstić information content (AvgIpc) is 3.42. The van der Waals surface area contributed by atoms with Gasteiger partial charge in [0.2, 0.25) is 5.91 Å². The molecule has 0 spiro atoms. The minimum absolute atomic E-state index is 0.0190. The number of carbonyl (C=O) groups excluding carboxylic acids is 2. The molecule has 0 unspecified atom stereocenters. The average molecular weight is 477 g/mol. The minimum Gasteiger partial charge on any atom is -0.480 e. The zero-order chi connectivity index (χ0) is 24.6. The third-order valence-electron chi connectivity index (χ3n) is 8.11. The summed E-state index contributed by atoms with van der Waals surface area (Å²) >= 11 is 0. The number of carbonyl (C=O) groups is 3. The summed E-state index contributed by atoms with van der Waals surface area (Å²) < 4.78 is 5.66. The first-order valence-corrected chi connectivity index (χ1v) is 12.5. The van der Waals surface area contributed by atoms with Crippen LogP contribution in [0.5, 0.6) is 0 Å². The first kappa shape index (κ1) is 23.4. The number of aliphatic carboxylic acids is 1. The molecule has 2 N–H and O–H groups in total. The molecule has 3 aliphatic rings. The lowest BCUT2D eigenvalue weighted by Crippen LogP contribution is -2.53. The van der Waals surface area contributed by atoms with Crippen molar-refractivity contribution in [3.05, 3.63) is 59.7 Å². The number of nitrogens with one attached hydrogen (secondary N) is 1. The van der Waals surface area contributed by atoms with Gasteiger partial charge >= 0.3 is 12.1 Å². The molecule has 0 aromatic heterocycles. The lowest BCUT2D eigenvalue weighted by atomic mass is 9.84. The van der Waals surface area contributed by atoms with Crippen molar-refractivity contribution >= 4 is 18.0 Å². The van der Waals surface area contributed by atoms with Gasteiger partial charge in [0.05, 0.1) is 0 Å². The molecule has 1 heterocycles. The summed E-state index contributed by atoms with van der Waals surface area (Å²) in [5, 5.41) is 12.6. The van der Waals surface area contributed by atoms with E-state index >= 15 is 0 Å². The van der Waals surface area contributed by atoms with E-state index in [0.29, 0.717) is 45.1 Å². The van der Waals surface area contributed by atoms with Crippen LogP contribution >= 0.6 is 0 Å². The number of carboxylic acids is 1. The van der Waals surface area contributed by atoms with E-state index < -0.39 is 17.6 Å². The smallest absolute Gasteiger partial charge is 0.407 e. The molecule has 7 nitrogen and oxygen atoms in total. The first-order valence-electron chi connectivity index (χ1n) is 12.5. The molecule has 1 saturated heterocycles. The number of benzene rings is 2. The van der Waals surface area contributed by atoms with Crippen molar-refractivity contribution < 1.29 is 24.2 Å². The Morgan fingerprint density at radius 2 is 1.60 bits per heavy atom. The summed E-state index contributed by atoms with van der Waals surface area (Å²) in [6.07, 6.45) is 3.41. The normalized spacial score (nSPS) is 25.6. The van der Waals surface area contributed by atoms with Gasteiger partial charge in [0.25, 0.3) is 0 Å². The van der Waals surface area contributed by atoms with Crippen LogP contribution in [0.3, 0.4) is 0 Å². The number of rotatable bonds is 5. The molecule has 1 aliphatic heterocycles.